The van der Waals surface area contributed by atoms with Crippen molar-refractivity contribution < 1.29 is 14.3 Å². The maximum atomic E-state index is 12.7. The molecule has 2 aromatic carbocycles. The summed E-state index contributed by atoms with van der Waals surface area (Å²) in [5.74, 6) is 0.969. The number of ether oxygens (including phenoxy) is 2. The molecule has 0 saturated carbocycles. The normalized spacial score (nSPS) is 13.3. The fourth-order valence-corrected chi connectivity index (χ4v) is 3.18. The molecule has 1 aliphatic heterocycles. The summed E-state index contributed by atoms with van der Waals surface area (Å²) >= 11 is 6.29. The van der Waals surface area contributed by atoms with Gasteiger partial charge in [0.25, 0.3) is 0 Å². The quantitative estimate of drug-likeness (QED) is 0.822. The van der Waals surface area contributed by atoms with E-state index in [2.05, 4.69) is 10.4 Å². The second-order valence-corrected chi connectivity index (χ2v) is 6.52. The van der Waals surface area contributed by atoms with Gasteiger partial charge in [-0.25, -0.2) is 5.01 Å². The molecule has 7 heteroatoms. The van der Waals surface area contributed by atoms with Crippen LogP contribution in [-0.2, 0) is 11.2 Å². The van der Waals surface area contributed by atoms with Crippen LogP contribution >= 0.6 is 11.6 Å². The molecule has 0 spiro atoms. The van der Waals surface area contributed by atoms with Crippen LogP contribution in [0.1, 0.15) is 17.5 Å². The lowest BCUT2D eigenvalue weighted by molar-refractivity contribution is -0.130. The lowest BCUT2D eigenvalue weighted by Gasteiger charge is -2.14. The molecule has 1 aliphatic rings. The fraction of sp³-hybridized carbons (Fsp3) is 0.300. The number of amides is 1. The lowest BCUT2D eigenvalue weighted by Crippen LogP contribution is -2.25. The Bertz CT molecular complexity index is 866. The molecule has 0 bridgehead atoms. The molecule has 0 radical (unpaired) electrons. The number of nitrogens with zero attached hydrogens (tertiary/aromatic N) is 2. The van der Waals surface area contributed by atoms with Gasteiger partial charge in [-0.05, 0) is 29.3 Å². The van der Waals surface area contributed by atoms with E-state index in [9.17, 15) is 4.79 Å². The molecule has 27 heavy (non-hydrogen) atoms. The predicted octanol–water partition coefficient (Wildman–Crippen LogP) is 3.58. The SMILES string of the molecule is CNc1ccc(C2=NN(C(=O)Cc3cc(OC)c(OC)cc3Cl)CC2)cc1. The summed E-state index contributed by atoms with van der Waals surface area (Å²) in [5, 5.41) is 9.56. The van der Waals surface area contributed by atoms with Crippen LogP contribution in [0.3, 0.4) is 0 Å². The zero-order chi connectivity index (χ0) is 19.4. The number of methoxy groups -OCH3 is 2. The van der Waals surface area contributed by atoms with E-state index >= 15 is 0 Å². The van der Waals surface area contributed by atoms with Gasteiger partial charge in [-0.1, -0.05) is 23.7 Å². The summed E-state index contributed by atoms with van der Waals surface area (Å²) in [6.45, 7) is 0.562. The molecule has 0 unspecified atom stereocenters. The van der Waals surface area contributed by atoms with E-state index in [0.717, 1.165) is 23.4 Å². The molecule has 3 rings (SSSR count). The third-order valence-corrected chi connectivity index (χ3v) is 4.84. The first-order valence-corrected chi connectivity index (χ1v) is 9.00. The molecule has 0 saturated heterocycles. The van der Waals surface area contributed by atoms with Gasteiger partial charge < -0.3 is 14.8 Å². The molecule has 0 fully saturated rings. The van der Waals surface area contributed by atoms with E-state index in [1.165, 1.54) is 5.01 Å². The minimum absolute atomic E-state index is 0.106. The molecular formula is C20H22ClN3O3. The first-order valence-electron chi connectivity index (χ1n) is 8.62. The molecule has 0 aromatic heterocycles. The van der Waals surface area contributed by atoms with E-state index < -0.39 is 0 Å². The van der Waals surface area contributed by atoms with E-state index in [1.807, 2.05) is 31.3 Å². The lowest BCUT2D eigenvalue weighted by atomic mass is 10.1. The Labute approximate surface area is 163 Å². The molecule has 0 aliphatic carbocycles. The van der Waals surface area contributed by atoms with Gasteiger partial charge in [0.15, 0.2) is 11.5 Å². The van der Waals surface area contributed by atoms with Crippen LogP contribution in [0, 0.1) is 0 Å². The number of rotatable bonds is 6. The largest absolute Gasteiger partial charge is 0.493 e. The highest BCUT2D eigenvalue weighted by molar-refractivity contribution is 6.31. The average Bonchev–Trinajstić information content (AvgIpc) is 3.19. The number of benzene rings is 2. The molecule has 2 aromatic rings. The molecule has 6 nitrogen and oxygen atoms in total. The van der Waals surface area contributed by atoms with Crippen molar-refractivity contribution in [2.24, 2.45) is 5.10 Å². The van der Waals surface area contributed by atoms with Gasteiger partial charge in [0.1, 0.15) is 0 Å². The summed E-state index contributed by atoms with van der Waals surface area (Å²) in [6, 6.07) is 11.4. The Morgan fingerprint density at radius 1 is 1.19 bits per heavy atom. The van der Waals surface area contributed by atoms with Gasteiger partial charge >= 0.3 is 0 Å². The van der Waals surface area contributed by atoms with Crippen molar-refractivity contribution >= 4 is 28.9 Å². The number of anilines is 1. The first kappa shape index (κ1) is 19.0. The number of carbonyl (C=O) groups excluding carboxylic acids is 1. The number of halogens is 1. The van der Waals surface area contributed by atoms with Crippen molar-refractivity contribution in [3.05, 3.63) is 52.5 Å². The van der Waals surface area contributed by atoms with Crippen LogP contribution in [0.25, 0.3) is 0 Å². The first-order chi connectivity index (χ1) is 13.0. The second-order valence-electron chi connectivity index (χ2n) is 6.12. The fourth-order valence-electron chi connectivity index (χ4n) is 2.96. The highest BCUT2D eigenvalue weighted by Crippen LogP contribution is 2.33. The van der Waals surface area contributed by atoms with Crippen molar-refractivity contribution in [3.63, 3.8) is 0 Å². The zero-order valence-corrected chi connectivity index (χ0v) is 16.3. The Morgan fingerprint density at radius 3 is 2.48 bits per heavy atom. The van der Waals surface area contributed by atoms with Crippen molar-refractivity contribution in [2.75, 3.05) is 33.1 Å². The van der Waals surface area contributed by atoms with Gasteiger partial charge in [0.05, 0.1) is 32.9 Å². The summed E-state index contributed by atoms with van der Waals surface area (Å²) < 4.78 is 10.5. The van der Waals surface area contributed by atoms with E-state index in [-0.39, 0.29) is 12.3 Å². The molecule has 1 heterocycles. The number of nitrogens with one attached hydrogen (secondary N) is 1. The summed E-state index contributed by atoms with van der Waals surface area (Å²) in [7, 11) is 4.97. The minimum Gasteiger partial charge on any atom is -0.493 e. The third kappa shape index (κ3) is 4.17. The van der Waals surface area contributed by atoms with E-state index in [1.54, 1.807) is 26.4 Å². The van der Waals surface area contributed by atoms with Gasteiger partial charge in [-0.3, -0.25) is 4.79 Å². The number of hydrogen-bond acceptors (Lipinski definition) is 5. The third-order valence-electron chi connectivity index (χ3n) is 4.49. The summed E-state index contributed by atoms with van der Waals surface area (Å²) in [6.07, 6.45) is 0.874. The molecule has 0 atom stereocenters. The van der Waals surface area contributed by atoms with E-state index in [4.69, 9.17) is 21.1 Å². The van der Waals surface area contributed by atoms with E-state index in [0.29, 0.717) is 28.6 Å². The van der Waals surface area contributed by atoms with Crippen LogP contribution in [0.4, 0.5) is 5.69 Å². The highest BCUT2D eigenvalue weighted by Gasteiger charge is 2.23. The van der Waals surface area contributed by atoms with Crippen molar-refractivity contribution in [1.82, 2.24) is 5.01 Å². The predicted molar refractivity (Wildman–Crippen MR) is 107 cm³/mol. The minimum atomic E-state index is -0.106. The molecule has 142 valence electrons. The highest BCUT2D eigenvalue weighted by atomic mass is 35.5. The Morgan fingerprint density at radius 2 is 1.85 bits per heavy atom. The monoisotopic (exact) mass is 387 g/mol. The standard InChI is InChI=1S/C20H22ClN3O3/c1-22-15-6-4-13(5-7-15)17-8-9-24(23-17)20(25)11-14-10-18(26-2)19(27-3)12-16(14)21/h4-7,10,12,22H,8-9,11H2,1-3H3. The Hall–Kier alpha value is -2.73. The van der Waals surface area contributed by atoms with Crippen LogP contribution in [0.5, 0.6) is 11.5 Å². The van der Waals surface area contributed by atoms with Gasteiger partial charge in [-0.15, -0.1) is 0 Å². The van der Waals surface area contributed by atoms with Gasteiger partial charge in [0.2, 0.25) is 5.91 Å². The van der Waals surface area contributed by atoms with Crippen molar-refractivity contribution in [3.8, 4) is 11.5 Å². The average molecular weight is 388 g/mol. The smallest absolute Gasteiger partial charge is 0.247 e. The van der Waals surface area contributed by atoms with Crippen LogP contribution in [-0.4, -0.2) is 44.4 Å². The maximum absolute atomic E-state index is 12.7. The van der Waals surface area contributed by atoms with Crippen molar-refractivity contribution in [1.29, 1.82) is 0 Å². The number of hydrogen-bond donors (Lipinski definition) is 1. The topological polar surface area (TPSA) is 63.2 Å². The number of carbonyl (C=O) groups is 1. The van der Waals surface area contributed by atoms with Crippen molar-refractivity contribution in [2.45, 2.75) is 12.8 Å². The Kier molecular flexibility index (Phi) is 5.86. The van der Waals surface area contributed by atoms with Gasteiger partial charge in [-0.2, -0.15) is 5.10 Å². The second kappa shape index (κ2) is 8.31. The molecule has 1 amide bonds. The summed E-state index contributed by atoms with van der Waals surface area (Å²) in [5.41, 5.74) is 3.65. The molecule has 1 N–H and O–H groups in total. The zero-order valence-electron chi connectivity index (χ0n) is 15.6. The van der Waals surface area contributed by atoms with Crippen LogP contribution in [0.15, 0.2) is 41.5 Å². The maximum Gasteiger partial charge on any atom is 0.247 e. The van der Waals surface area contributed by atoms with Crippen LogP contribution in [0.2, 0.25) is 5.02 Å². The van der Waals surface area contributed by atoms with Gasteiger partial charge in [0, 0.05) is 30.2 Å². The number of hydrazone groups is 1. The van der Waals surface area contributed by atoms with Crippen LogP contribution < -0.4 is 14.8 Å². The Balaban J connectivity index is 1.74. The summed E-state index contributed by atoms with van der Waals surface area (Å²) in [4.78, 5) is 12.7. The molecular weight excluding hydrogens is 366 g/mol.